The number of benzene rings is 2. The summed E-state index contributed by atoms with van der Waals surface area (Å²) in [5, 5.41) is 52.7. The minimum absolute atomic E-state index is 0.0275. The number of rotatable bonds is 25. The van der Waals surface area contributed by atoms with E-state index in [9.17, 15) is 53.7 Å². The van der Waals surface area contributed by atoms with Crippen LogP contribution >= 0.6 is 0 Å². The molecule has 4 bridgehead atoms. The molecule has 0 saturated heterocycles. The number of fused-ring (bicyclic) bond motifs is 5. The number of nitrogens with two attached hydrogens (primary N) is 1. The summed E-state index contributed by atoms with van der Waals surface area (Å²) in [6, 6.07) is 2.57. The van der Waals surface area contributed by atoms with Crippen molar-refractivity contribution in [1.29, 1.82) is 0 Å². The number of nitrogens with zero attached hydrogens (tertiary/aromatic N) is 2. The van der Waals surface area contributed by atoms with Crippen LogP contribution in [0.1, 0.15) is 121 Å². The molecule has 20 heteroatoms. The first kappa shape index (κ1) is 55.1. The number of aliphatic hydroxyl groups excluding tert-OH is 1. The Morgan fingerprint density at radius 2 is 1.31 bits per heavy atom. The molecule has 3 rings (SSSR count). The Kier molecular flexibility index (Phi) is 23.0. The second kappa shape index (κ2) is 28.0. The number of likely N-dealkylation sites (N-methyl/N-ethyl adjacent to an activating group) is 2. The highest BCUT2D eigenvalue weighted by Crippen LogP contribution is 2.38. The van der Waals surface area contributed by atoms with Crippen molar-refractivity contribution < 1.29 is 58.8 Å². The first-order valence-corrected chi connectivity index (χ1v) is 23.1. The highest BCUT2D eigenvalue weighted by atomic mass is 16.4. The van der Waals surface area contributed by atoms with Crippen molar-refractivity contribution in [3.05, 3.63) is 47.5 Å². The molecule has 0 aromatic heterocycles. The first-order chi connectivity index (χ1) is 31.9. The minimum atomic E-state index is -1.72. The van der Waals surface area contributed by atoms with Gasteiger partial charge in [-0.3, -0.25) is 38.4 Å². The van der Waals surface area contributed by atoms with E-state index in [0.29, 0.717) is 12.0 Å². The highest BCUT2D eigenvalue weighted by Gasteiger charge is 2.34. The summed E-state index contributed by atoms with van der Waals surface area (Å²) in [6.45, 7) is 1.29. The molecule has 0 saturated carbocycles. The molecule has 2 aromatic carbocycles. The van der Waals surface area contributed by atoms with Crippen molar-refractivity contribution in [3.8, 4) is 22.6 Å². The normalized spacial score (nSPS) is 16.8. The number of hydrogen-bond acceptors (Lipinski definition) is 12. The molecule has 0 spiro atoms. The number of carboxylic acid groups (broad SMARTS) is 1. The zero-order valence-corrected chi connectivity index (χ0v) is 39.1. The maximum atomic E-state index is 14.0. The van der Waals surface area contributed by atoms with Crippen LogP contribution in [0.15, 0.2) is 36.4 Å². The van der Waals surface area contributed by atoms with E-state index in [0.717, 1.165) is 35.5 Å². The van der Waals surface area contributed by atoms with Crippen molar-refractivity contribution in [2.45, 2.75) is 140 Å². The predicted octanol–water partition coefficient (Wildman–Crippen LogP) is 1.83. The number of aliphatic hydroxyl groups is 1. The van der Waals surface area contributed by atoms with Gasteiger partial charge in [0.15, 0.2) is 6.17 Å². The molecule has 0 fully saturated rings. The Balaban J connectivity index is 1.64. The lowest BCUT2D eigenvalue weighted by molar-refractivity contribution is -0.142. The van der Waals surface area contributed by atoms with Gasteiger partial charge >= 0.3 is 5.97 Å². The van der Waals surface area contributed by atoms with Crippen LogP contribution < -0.4 is 32.3 Å². The third kappa shape index (κ3) is 17.5. The van der Waals surface area contributed by atoms with Crippen LogP contribution in [0.5, 0.6) is 11.5 Å². The van der Waals surface area contributed by atoms with Crippen molar-refractivity contribution in [2.24, 2.45) is 5.73 Å². The van der Waals surface area contributed by atoms with Crippen LogP contribution in [0.4, 0.5) is 0 Å². The van der Waals surface area contributed by atoms with Gasteiger partial charge in [-0.05, 0) is 48.7 Å². The monoisotopic (exact) mass is 939 g/mol. The molecule has 20 nitrogen and oxygen atoms in total. The molecule has 1 aliphatic rings. The largest absolute Gasteiger partial charge is 0.507 e. The topological polar surface area (TPSA) is 310 Å². The minimum Gasteiger partial charge on any atom is -0.507 e. The van der Waals surface area contributed by atoms with Gasteiger partial charge in [-0.1, -0.05) is 96.1 Å². The summed E-state index contributed by atoms with van der Waals surface area (Å²) in [6.07, 6.45) is 13.1. The van der Waals surface area contributed by atoms with Gasteiger partial charge in [0, 0.05) is 38.1 Å². The molecule has 2 aromatic rings. The SMILES string of the molecule is CCCCCCCCCCCCCCCC(=O)N(C)[C@H](CO)C(=O)N[C@H](N)C(=O)NCC(=O)N(C)[C@@H]1C(=O)N[C@@H](C)C(=O)N[C@H](C(=O)NCC(=O)O)Cc2ccc(O)c(c2)-c2cc1ccc2O. The van der Waals surface area contributed by atoms with Gasteiger partial charge < -0.3 is 62.5 Å². The quantitative estimate of drug-likeness (QED) is 0.0503. The van der Waals surface area contributed by atoms with E-state index in [1.807, 2.05) is 0 Å². The van der Waals surface area contributed by atoms with E-state index in [2.05, 4.69) is 33.5 Å². The number of carbonyl (C=O) groups is 8. The summed E-state index contributed by atoms with van der Waals surface area (Å²) in [5.41, 5.74) is 6.54. The maximum absolute atomic E-state index is 14.0. The number of carbonyl (C=O) groups excluding carboxylic acids is 7. The smallest absolute Gasteiger partial charge is 0.322 e. The van der Waals surface area contributed by atoms with Gasteiger partial charge in [0.1, 0.15) is 42.2 Å². The lowest BCUT2D eigenvalue weighted by Crippen LogP contribution is -2.59. The molecule has 0 aliphatic carbocycles. The average molecular weight is 939 g/mol. The van der Waals surface area contributed by atoms with Crippen molar-refractivity contribution in [3.63, 3.8) is 0 Å². The van der Waals surface area contributed by atoms with Crippen LogP contribution in [0.25, 0.3) is 11.1 Å². The zero-order valence-electron chi connectivity index (χ0n) is 39.1. The Labute approximate surface area is 391 Å². The summed E-state index contributed by atoms with van der Waals surface area (Å²) >= 11 is 0. The van der Waals surface area contributed by atoms with Crippen LogP contribution in [0.3, 0.4) is 0 Å². The number of aromatic hydroxyl groups is 2. The van der Waals surface area contributed by atoms with Crippen molar-refractivity contribution >= 4 is 47.3 Å². The summed E-state index contributed by atoms with van der Waals surface area (Å²) in [4.78, 5) is 106. The number of amides is 7. The van der Waals surface area contributed by atoms with Gasteiger partial charge in [0.25, 0.3) is 5.91 Å². The Morgan fingerprint density at radius 1 is 0.746 bits per heavy atom. The second-order valence-electron chi connectivity index (χ2n) is 17.0. The fourth-order valence-corrected chi connectivity index (χ4v) is 7.68. The van der Waals surface area contributed by atoms with Crippen LogP contribution in [-0.2, 0) is 44.8 Å². The lowest BCUT2D eigenvalue weighted by Gasteiger charge is -2.30. The molecule has 7 amide bonds. The van der Waals surface area contributed by atoms with E-state index in [1.165, 1.54) is 109 Å². The fourth-order valence-electron chi connectivity index (χ4n) is 7.68. The van der Waals surface area contributed by atoms with Gasteiger partial charge in [-0.2, -0.15) is 0 Å². The van der Waals surface area contributed by atoms with E-state index in [1.54, 1.807) is 0 Å². The van der Waals surface area contributed by atoms with Crippen LogP contribution in [-0.4, -0.2) is 136 Å². The molecule has 5 atom stereocenters. The maximum Gasteiger partial charge on any atom is 0.322 e. The fraction of sp³-hybridized carbons (Fsp3) is 0.574. The number of unbranched alkanes of at least 4 members (excludes halogenated alkanes) is 12. The molecule has 0 radical (unpaired) electrons. The van der Waals surface area contributed by atoms with Gasteiger partial charge in [0.05, 0.1) is 13.2 Å². The molecule has 0 unspecified atom stereocenters. The van der Waals surface area contributed by atoms with Crippen LogP contribution in [0.2, 0.25) is 0 Å². The predicted molar refractivity (Wildman–Crippen MR) is 248 cm³/mol. The van der Waals surface area contributed by atoms with Crippen LogP contribution in [0, 0.1) is 0 Å². The second-order valence-corrected chi connectivity index (χ2v) is 17.0. The van der Waals surface area contributed by atoms with Crippen molar-refractivity contribution in [1.82, 2.24) is 36.4 Å². The van der Waals surface area contributed by atoms with Gasteiger partial charge in [-0.25, -0.2) is 0 Å². The summed E-state index contributed by atoms with van der Waals surface area (Å²) in [7, 11) is 2.61. The number of phenolic OH excluding ortho intramolecular Hbond substituents is 2. The third-order valence-electron chi connectivity index (χ3n) is 11.8. The molecule has 11 N–H and O–H groups in total. The standard InChI is InChI=1S/C47H70N8O12/c1-5-6-7-8-9-10-11-12-13-14-15-16-17-18-38(59)54(3)35(28-56)45(65)53-42(48)47(67)49-26-39(60)55(4)41-31-20-22-37(58)33(25-31)32-23-30(19-21-36(32)57)24-34(44(64)50-27-40(61)62)52-43(63)29(2)51-46(41)66/h19-23,25,29,34-35,41-42,56-58H,5-18,24,26-28,48H2,1-4H3,(H,49,67)(H,50,64)(H,51,66)(H,52,63)(H,53,65)(H,61,62)/t29-,34-,35+,41-,42-/m0/s1. The molecule has 67 heavy (non-hydrogen) atoms. The highest BCUT2D eigenvalue weighted by molar-refractivity contribution is 5.97. The van der Waals surface area contributed by atoms with E-state index in [4.69, 9.17) is 10.8 Å². The molecular formula is C47H70N8O12. The number of nitrogens with one attached hydrogen (secondary N) is 5. The summed E-state index contributed by atoms with van der Waals surface area (Å²) in [5.74, 6) is -7.70. The Bertz CT molecular complexity index is 2030. The van der Waals surface area contributed by atoms with Crippen molar-refractivity contribution in [2.75, 3.05) is 33.8 Å². The van der Waals surface area contributed by atoms with E-state index < -0.39 is 91.4 Å². The molecule has 1 heterocycles. The van der Waals surface area contributed by atoms with E-state index in [-0.39, 0.29) is 46.9 Å². The first-order valence-electron chi connectivity index (χ1n) is 23.1. The Morgan fingerprint density at radius 3 is 1.90 bits per heavy atom. The van der Waals surface area contributed by atoms with Gasteiger partial charge in [0.2, 0.25) is 35.4 Å². The number of hydrogen-bond donors (Lipinski definition) is 10. The summed E-state index contributed by atoms with van der Waals surface area (Å²) < 4.78 is 0. The lowest BCUT2D eigenvalue weighted by atomic mass is 9.93. The van der Waals surface area contributed by atoms with Gasteiger partial charge in [-0.15, -0.1) is 0 Å². The number of phenols is 2. The average Bonchev–Trinajstić information content (AvgIpc) is 3.29. The Hall–Kier alpha value is -6.28. The number of carboxylic acids is 1. The third-order valence-corrected chi connectivity index (χ3v) is 11.8. The molecule has 370 valence electrons. The number of aliphatic carboxylic acids is 1. The van der Waals surface area contributed by atoms with E-state index >= 15 is 0 Å². The molecular weight excluding hydrogens is 869 g/mol. The molecule has 1 aliphatic heterocycles. The zero-order chi connectivity index (χ0) is 49.6.